The molecule has 1 aromatic rings. The van der Waals surface area contributed by atoms with E-state index in [1.807, 2.05) is 0 Å². The lowest BCUT2D eigenvalue weighted by Gasteiger charge is -1.94. The average molecular weight is 209 g/mol. The molecule has 0 fully saturated rings. The number of nitro benzene ring substituents is 1. The number of aliphatic hydroxyl groups excluding tert-OH is 1. The van der Waals surface area contributed by atoms with Gasteiger partial charge >= 0.3 is 5.69 Å². The average Bonchev–Trinajstić information content (AvgIpc) is 2.17. The second-order valence-electron chi connectivity index (χ2n) is 2.70. The lowest BCUT2D eigenvalue weighted by Crippen LogP contribution is -1.92. The third-order valence-electron chi connectivity index (χ3n) is 1.61. The Hall–Kier alpha value is -1.93. The molecule has 0 atom stereocenters. The summed E-state index contributed by atoms with van der Waals surface area (Å²) in [5.41, 5.74) is -0.214. The van der Waals surface area contributed by atoms with Crippen LogP contribution in [0.2, 0.25) is 0 Å². The standard InChI is InChI=1S/C10H8FNO3/c11-9-7-8(3-1-2-6-13)4-5-10(9)12(14)15/h4-5,7,13H,2,6H2. The van der Waals surface area contributed by atoms with E-state index in [1.54, 1.807) is 0 Å². The van der Waals surface area contributed by atoms with E-state index in [2.05, 4.69) is 11.8 Å². The van der Waals surface area contributed by atoms with Gasteiger partial charge in [0.2, 0.25) is 5.82 Å². The lowest BCUT2D eigenvalue weighted by molar-refractivity contribution is -0.387. The Morgan fingerprint density at radius 3 is 2.80 bits per heavy atom. The fourth-order valence-electron chi connectivity index (χ4n) is 0.953. The number of nitro groups is 1. The quantitative estimate of drug-likeness (QED) is 0.455. The summed E-state index contributed by atoms with van der Waals surface area (Å²) < 4.78 is 13.1. The second-order valence-corrected chi connectivity index (χ2v) is 2.70. The first-order chi connectivity index (χ1) is 7.15. The highest BCUT2D eigenvalue weighted by atomic mass is 19.1. The largest absolute Gasteiger partial charge is 0.395 e. The Kier molecular flexibility index (Phi) is 3.77. The lowest BCUT2D eigenvalue weighted by atomic mass is 10.2. The molecule has 0 unspecified atom stereocenters. The maximum absolute atomic E-state index is 13.1. The van der Waals surface area contributed by atoms with Gasteiger partial charge in [0.05, 0.1) is 11.5 Å². The molecule has 0 aliphatic heterocycles. The molecule has 0 aliphatic carbocycles. The Labute approximate surface area is 85.5 Å². The zero-order chi connectivity index (χ0) is 11.3. The van der Waals surface area contributed by atoms with Gasteiger partial charge in [-0.15, -0.1) is 0 Å². The van der Waals surface area contributed by atoms with Crippen LogP contribution in [0.1, 0.15) is 12.0 Å². The predicted molar refractivity (Wildman–Crippen MR) is 51.6 cm³/mol. The van der Waals surface area contributed by atoms with Gasteiger partial charge in [0.15, 0.2) is 0 Å². The molecular formula is C10H8FNO3. The van der Waals surface area contributed by atoms with E-state index >= 15 is 0 Å². The van der Waals surface area contributed by atoms with Crippen LogP contribution in [0.3, 0.4) is 0 Å². The van der Waals surface area contributed by atoms with Crippen LogP contribution in [-0.4, -0.2) is 16.6 Å². The number of hydrogen-bond donors (Lipinski definition) is 1. The van der Waals surface area contributed by atoms with E-state index in [0.717, 1.165) is 12.1 Å². The van der Waals surface area contributed by atoms with E-state index in [4.69, 9.17) is 5.11 Å². The molecule has 0 saturated heterocycles. The first-order valence-corrected chi connectivity index (χ1v) is 4.19. The van der Waals surface area contributed by atoms with E-state index in [-0.39, 0.29) is 6.61 Å². The fourth-order valence-corrected chi connectivity index (χ4v) is 0.953. The van der Waals surface area contributed by atoms with E-state index in [1.165, 1.54) is 6.07 Å². The summed E-state index contributed by atoms with van der Waals surface area (Å²) in [5.74, 6) is 4.26. The molecule has 0 bridgehead atoms. The zero-order valence-electron chi connectivity index (χ0n) is 7.74. The molecule has 1 N–H and O–H groups in total. The molecule has 78 valence electrons. The van der Waals surface area contributed by atoms with Crippen molar-refractivity contribution in [2.45, 2.75) is 6.42 Å². The maximum Gasteiger partial charge on any atom is 0.304 e. The van der Waals surface area contributed by atoms with Crippen molar-refractivity contribution in [3.05, 3.63) is 39.7 Å². The Balaban J connectivity index is 2.93. The Bertz CT molecular complexity index is 434. The van der Waals surface area contributed by atoms with Gasteiger partial charge in [0.1, 0.15) is 0 Å². The topological polar surface area (TPSA) is 63.4 Å². The summed E-state index contributed by atoms with van der Waals surface area (Å²) in [6, 6.07) is 3.44. The van der Waals surface area contributed by atoms with Crippen LogP contribution in [0, 0.1) is 27.8 Å². The summed E-state index contributed by atoms with van der Waals surface area (Å²) in [6.45, 7) is -0.0670. The summed E-state index contributed by atoms with van der Waals surface area (Å²) in [5, 5.41) is 18.7. The number of halogens is 1. The summed E-state index contributed by atoms with van der Waals surface area (Å²) in [4.78, 5) is 9.50. The molecule has 1 rings (SSSR count). The molecule has 5 heteroatoms. The number of rotatable bonds is 2. The van der Waals surface area contributed by atoms with Gasteiger partial charge in [-0.25, -0.2) is 0 Å². The molecule has 0 aromatic heterocycles. The molecule has 0 amide bonds. The van der Waals surface area contributed by atoms with Crippen molar-refractivity contribution in [1.82, 2.24) is 0 Å². The van der Waals surface area contributed by atoms with Crippen molar-refractivity contribution in [3.8, 4) is 11.8 Å². The van der Waals surface area contributed by atoms with Crippen LogP contribution in [0.25, 0.3) is 0 Å². The van der Waals surface area contributed by atoms with Crippen molar-refractivity contribution >= 4 is 5.69 Å². The molecule has 15 heavy (non-hydrogen) atoms. The highest BCUT2D eigenvalue weighted by molar-refractivity contribution is 5.42. The Morgan fingerprint density at radius 2 is 2.27 bits per heavy atom. The molecule has 0 spiro atoms. The minimum atomic E-state index is -0.907. The van der Waals surface area contributed by atoms with Gasteiger partial charge in [-0.2, -0.15) is 4.39 Å². The first-order valence-electron chi connectivity index (χ1n) is 4.19. The second kappa shape index (κ2) is 5.08. The summed E-state index contributed by atoms with van der Waals surface area (Å²) in [7, 11) is 0. The maximum atomic E-state index is 13.1. The molecule has 0 aliphatic rings. The summed E-state index contributed by atoms with van der Waals surface area (Å²) in [6.07, 6.45) is 0.290. The van der Waals surface area contributed by atoms with Crippen molar-refractivity contribution in [3.63, 3.8) is 0 Å². The highest BCUT2D eigenvalue weighted by Crippen LogP contribution is 2.17. The number of aliphatic hydroxyl groups is 1. The van der Waals surface area contributed by atoms with E-state index in [0.29, 0.717) is 12.0 Å². The van der Waals surface area contributed by atoms with Gasteiger partial charge in [0, 0.05) is 18.1 Å². The van der Waals surface area contributed by atoms with Crippen LogP contribution in [0.5, 0.6) is 0 Å². The van der Waals surface area contributed by atoms with Gasteiger partial charge < -0.3 is 5.11 Å². The Morgan fingerprint density at radius 1 is 1.53 bits per heavy atom. The zero-order valence-corrected chi connectivity index (χ0v) is 7.74. The van der Waals surface area contributed by atoms with Crippen molar-refractivity contribution in [2.75, 3.05) is 6.61 Å². The monoisotopic (exact) mass is 209 g/mol. The van der Waals surface area contributed by atoms with Gasteiger partial charge in [-0.05, 0) is 12.1 Å². The van der Waals surface area contributed by atoms with Crippen LogP contribution in [0.4, 0.5) is 10.1 Å². The van der Waals surface area contributed by atoms with Crippen molar-refractivity contribution < 1.29 is 14.4 Å². The van der Waals surface area contributed by atoms with E-state index in [9.17, 15) is 14.5 Å². The molecular weight excluding hydrogens is 201 g/mol. The molecule has 0 radical (unpaired) electrons. The number of nitrogens with zero attached hydrogens (tertiary/aromatic N) is 1. The molecule has 1 aromatic carbocycles. The van der Waals surface area contributed by atoms with Crippen LogP contribution in [0.15, 0.2) is 18.2 Å². The van der Waals surface area contributed by atoms with Crippen molar-refractivity contribution in [2.24, 2.45) is 0 Å². The number of benzene rings is 1. The molecule has 0 heterocycles. The van der Waals surface area contributed by atoms with Crippen molar-refractivity contribution in [1.29, 1.82) is 0 Å². The normalized spacial score (nSPS) is 9.20. The third-order valence-corrected chi connectivity index (χ3v) is 1.61. The highest BCUT2D eigenvalue weighted by Gasteiger charge is 2.12. The van der Waals surface area contributed by atoms with Crippen LogP contribution >= 0.6 is 0 Å². The number of hydrogen-bond acceptors (Lipinski definition) is 3. The summed E-state index contributed by atoms with van der Waals surface area (Å²) >= 11 is 0. The van der Waals surface area contributed by atoms with E-state index < -0.39 is 16.4 Å². The minimum absolute atomic E-state index is 0.0670. The fraction of sp³-hybridized carbons (Fsp3) is 0.200. The molecule has 4 nitrogen and oxygen atoms in total. The first kappa shape index (κ1) is 11.1. The van der Waals surface area contributed by atoms with Gasteiger partial charge in [0.25, 0.3) is 0 Å². The smallest absolute Gasteiger partial charge is 0.304 e. The minimum Gasteiger partial charge on any atom is -0.395 e. The molecule has 0 saturated carbocycles. The van der Waals surface area contributed by atoms with Gasteiger partial charge in [-0.1, -0.05) is 11.8 Å². The SMILES string of the molecule is O=[N+]([O-])c1ccc(C#CCCO)cc1F. The van der Waals surface area contributed by atoms with Gasteiger partial charge in [-0.3, -0.25) is 10.1 Å². The predicted octanol–water partition coefficient (Wildman–Crippen LogP) is 1.47. The van der Waals surface area contributed by atoms with Crippen LogP contribution in [-0.2, 0) is 0 Å². The van der Waals surface area contributed by atoms with Crippen LogP contribution < -0.4 is 0 Å². The third kappa shape index (κ3) is 3.04.